The minimum Gasteiger partial charge on any atom is -0.251 e. The van der Waals surface area contributed by atoms with Crippen LogP contribution in [0.3, 0.4) is 0 Å². The quantitative estimate of drug-likeness (QED) is 0.406. The molecule has 150 valence electrons. The van der Waals surface area contributed by atoms with Crippen molar-refractivity contribution in [3.05, 3.63) is 47.5 Å². The van der Waals surface area contributed by atoms with Gasteiger partial charge in [0.15, 0.2) is 0 Å². The van der Waals surface area contributed by atoms with Crippen molar-refractivity contribution in [3.63, 3.8) is 0 Å². The summed E-state index contributed by atoms with van der Waals surface area (Å²) in [7, 11) is 0. The molecular weight excluding hydrogens is 331 g/mol. The molecule has 0 saturated heterocycles. The van der Waals surface area contributed by atoms with E-state index in [4.69, 9.17) is 0 Å². The number of aryl methyl sites for hydroxylation is 1. The molecule has 1 aromatic carbocycles. The van der Waals surface area contributed by atoms with Crippen LogP contribution in [0.4, 0.5) is 4.39 Å². The Hall–Kier alpha value is -1.11. The number of halogens is 1. The second-order valence-electron chi connectivity index (χ2n) is 9.04. The van der Waals surface area contributed by atoms with Gasteiger partial charge < -0.3 is 0 Å². The number of benzene rings is 1. The topological polar surface area (TPSA) is 0 Å². The zero-order valence-electron chi connectivity index (χ0n) is 17.3. The zero-order chi connectivity index (χ0) is 18.9. The molecule has 2 saturated carbocycles. The number of alkyl halides is 1. The van der Waals surface area contributed by atoms with Gasteiger partial charge in [0.2, 0.25) is 0 Å². The van der Waals surface area contributed by atoms with Crippen LogP contribution in [-0.4, -0.2) is 6.67 Å². The van der Waals surface area contributed by atoms with Gasteiger partial charge in [-0.1, -0.05) is 49.8 Å². The van der Waals surface area contributed by atoms with E-state index in [1.54, 1.807) is 5.56 Å². The molecule has 1 aromatic rings. The summed E-state index contributed by atoms with van der Waals surface area (Å²) in [5.74, 6) is 3.42. The minimum absolute atomic E-state index is 0.212. The van der Waals surface area contributed by atoms with Crippen molar-refractivity contribution in [1.29, 1.82) is 0 Å². The molecule has 0 unspecified atom stereocenters. The van der Waals surface area contributed by atoms with Crippen LogP contribution in [0.1, 0.15) is 94.6 Å². The molecule has 0 bridgehead atoms. The summed E-state index contributed by atoms with van der Waals surface area (Å²) in [6.07, 6.45) is 19.8. The van der Waals surface area contributed by atoms with E-state index in [2.05, 4.69) is 43.3 Å². The molecule has 0 spiro atoms. The highest BCUT2D eigenvalue weighted by molar-refractivity contribution is 5.26. The third-order valence-electron chi connectivity index (χ3n) is 7.21. The molecule has 2 aliphatic carbocycles. The summed E-state index contributed by atoms with van der Waals surface area (Å²) in [4.78, 5) is 0. The Balaban J connectivity index is 1.41. The van der Waals surface area contributed by atoms with Crippen LogP contribution >= 0.6 is 0 Å². The molecule has 0 radical (unpaired) electrons. The van der Waals surface area contributed by atoms with E-state index in [1.807, 2.05) is 0 Å². The molecule has 3 rings (SSSR count). The van der Waals surface area contributed by atoms with Crippen LogP contribution < -0.4 is 0 Å². The van der Waals surface area contributed by atoms with Crippen LogP contribution in [0.2, 0.25) is 0 Å². The van der Waals surface area contributed by atoms with Gasteiger partial charge in [0.25, 0.3) is 0 Å². The van der Waals surface area contributed by atoms with E-state index in [9.17, 15) is 4.39 Å². The maximum Gasteiger partial charge on any atom is 0.0928 e. The summed E-state index contributed by atoms with van der Waals surface area (Å²) in [6, 6.07) is 9.56. The highest BCUT2D eigenvalue weighted by atomic mass is 19.1. The molecule has 2 fully saturated rings. The summed E-state index contributed by atoms with van der Waals surface area (Å²) < 4.78 is 12.2. The van der Waals surface area contributed by atoms with Crippen molar-refractivity contribution in [2.24, 2.45) is 17.8 Å². The largest absolute Gasteiger partial charge is 0.251 e. The van der Waals surface area contributed by atoms with Crippen molar-refractivity contribution in [3.8, 4) is 0 Å². The Bertz CT molecular complexity index is 542. The van der Waals surface area contributed by atoms with Crippen molar-refractivity contribution in [1.82, 2.24) is 0 Å². The molecular formula is C26H39F. The number of allylic oxidation sites excluding steroid dienone is 2. The lowest BCUT2D eigenvalue weighted by atomic mass is 9.68. The van der Waals surface area contributed by atoms with Crippen LogP contribution in [0.25, 0.3) is 0 Å². The van der Waals surface area contributed by atoms with Gasteiger partial charge in [-0.15, -0.1) is 0 Å². The van der Waals surface area contributed by atoms with E-state index in [0.29, 0.717) is 6.42 Å². The second kappa shape index (κ2) is 11.0. The molecule has 1 heteroatoms. The van der Waals surface area contributed by atoms with Crippen LogP contribution in [-0.2, 0) is 6.42 Å². The van der Waals surface area contributed by atoms with Gasteiger partial charge in [-0.25, -0.2) is 0 Å². The Kier molecular flexibility index (Phi) is 8.42. The summed E-state index contributed by atoms with van der Waals surface area (Å²) in [5, 5.41) is 0. The molecule has 0 aliphatic heterocycles. The third-order valence-corrected chi connectivity index (χ3v) is 7.21. The fraction of sp³-hybridized carbons (Fsp3) is 0.692. The Labute approximate surface area is 166 Å². The van der Waals surface area contributed by atoms with E-state index >= 15 is 0 Å². The first kappa shape index (κ1) is 20.6. The lowest BCUT2D eigenvalue weighted by Gasteiger charge is -2.37. The highest BCUT2D eigenvalue weighted by Crippen LogP contribution is 2.44. The van der Waals surface area contributed by atoms with Gasteiger partial charge in [0, 0.05) is 0 Å². The molecule has 0 aromatic heterocycles. The zero-order valence-corrected chi connectivity index (χ0v) is 17.3. The first-order chi connectivity index (χ1) is 13.3. The van der Waals surface area contributed by atoms with Crippen molar-refractivity contribution < 1.29 is 4.39 Å². The Morgan fingerprint density at radius 2 is 1.52 bits per heavy atom. The summed E-state index contributed by atoms with van der Waals surface area (Å²) >= 11 is 0. The minimum atomic E-state index is -0.212. The summed E-state index contributed by atoms with van der Waals surface area (Å²) in [6.45, 7) is 2.05. The Morgan fingerprint density at radius 3 is 2.11 bits per heavy atom. The van der Waals surface area contributed by atoms with Crippen LogP contribution in [0, 0.1) is 17.8 Å². The van der Waals surface area contributed by atoms with Crippen LogP contribution in [0.5, 0.6) is 0 Å². The maximum atomic E-state index is 12.2. The predicted octanol–water partition coefficient (Wildman–Crippen LogP) is 8.03. The monoisotopic (exact) mass is 370 g/mol. The van der Waals surface area contributed by atoms with Crippen molar-refractivity contribution >= 4 is 0 Å². The predicted molar refractivity (Wildman–Crippen MR) is 115 cm³/mol. The van der Waals surface area contributed by atoms with E-state index in [0.717, 1.165) is 23.7 Å². The van der Waals surface area contributed by atoms with Crippen LogP contribution in [0.15, 0.2) is 36.4 Å². The average Bonchev–Trinajstić information content (AvgIpc) is 2.73. The average molecular weight is 371 g/mol. The van der Waals surface area contributed by atoms with Crippen molar-refractivity contribution in [2.45, 2.75) is 89.9 Å². The molecule has 0 N–H and O–H groups in total. The molecule has 2 aliphatic rings. The molecule has 0 amide bonds. The SMILES string of the molecule is CCCCc1ccc(C2CCC(C3CCC(/C=C/CCF)CC3)CC2)cc1. The lowest BCUT2D eigenvalue weighted by molar-refractivity contribution is 0.171. The molecule has 27 heavy (non-hydrogen) atoms. The normalized spacial score (nSPS) is 29.3. The number of hydrogen-bond acceptors (Lipinski definition) is 0. The number of hydrogen-bond donors (Lipinski definition) is 0. The van der Waals surface area contributed by atoms with Gasteiger partial charge in [-0.2, -0.15) is 0 Å². The van der Waals surface area contributed by atoms with Gasteiger partial charge >= 0.3 is 0 Å². The van der Waals surface area contributed by atoms with Crippen molar-refractivity contribution in [2.75, 3.05) is 6.67 Å². The fourth-order valence-electron chi connectivity index (χ4n) is 5.42. The summed E-state index contributed by atoms with van der Waals surface area (Å²) in [5.41, 5.74) is 3.09. The van der Waals surface area contributed by atoms with Gasteiger partial charge in [0.05, 0.1) is 6.67 Å². The first-order valence-electron chi connectivity index (χ1n) is 11.6. The fourth-order valence-corrected chi connectivity index (χ4v) is 5.42. The molecule has 0 heterocycles. The number of rotatable bonds is 8. The standard InChI is InChI=1S/C26H39F/c1-2-3-6-21-8-12-23(13-9-21)25-16-18-26(19-17-25)24-14-10-22(11-15-24)7-4-5-20-27/h4,7-9,12-13,22,24-26H,2-3,5-6,10-11,14-20H2,1H3/b7-4+. The first-order valence-corrected chi connectivity index (χ1v) is 11.6. The smallest absolute Gasteiger partial charge is 0.0928 e. The maximum absolute atomic E-state index is 12.2. The molecule has 0 nitrogen and oxygen atoms in total. The highest BCUT2D eigenvalue weighted by Gasteiger charge is 2.30. The Morgan fingerprint density at radius 1 is 0.889 bits per heavy atom. The molecule has 0 atom stereocenters. The number of unbranched alkanes of at least 4 members (excludes halogenated alkanes) is 1. The van der Waals surface area contributed by atoms with E-state index < -0.39 is 0 Å². The van der Waals surface area contributed by atoms with Gasteiger partial charge in [-0.05, 0) is 105 Å². The van der Waals surface area contributed by atoms with E-state index in [-0.39, 0.29) is 6.67 Å². The second-order valence-corrected chi connectivity index (χ2v) is 9.04. The van der Waals surface area contributed by atoms with Gasteiger partial charge in [0.1, 0.15) is 0 Å². The van der Waals surface area contributed by atoms with E-state index in [1.165, 1.54) is 76.2 Å². The third kappa shape index (κ3) is 6.19. The lowest BCUT2D eigenvalue weighted by Crippen LogP contribution is -2.25. The van der Waals surface area contributed by atoms with Gasteiger partial charge in [-0.3, -0.25) is 4.39 Å².